The number of halogens is 2. The van der Waals surface area contributed by atoms with Crippen molar-refractivity contribution in [1.29, 1.82) is 0 Å². The van der Waals surface area contributed by atoms with Gasteiger partial charge < -0.3 is 4.52 Å². The normalized spacial score (nSPS) is 11.5. The lowest BCUT2D eigenvalue weighted by Crippen LogP contribution is -2.02. The molecule has 0 unspecified atom stereocenters. The number of rotatable bonds is 6. The number of hydrogen-bond donors (Lipinski definition) is 0. The summed E-state index contributed by atoms with van der Waals surface area (Å²) in [6.45, 7) is 1.80. The van der Waals surface area contributed by atoms with Crippen LogP contribution in [0.2, 0.25) is 5.02 Å². The van der Waals surface area contributed by atoms with Crippen molar-refractivity contribution in [3.8, 4) is 5.75 Å². The van der Waals surface area contributed by atoms with Crippen LogP contribution in [0.1, 0.15) is 13.8 Å². The van der Waals surface area contributed by atoms with Crippen LogP contribution in [0.15, 0.2) is 22.7 Å². The molecule has 0 atom stereocenters. The van der Waals surface area contributed by atoms with Crippen LogP contribution in [-0.2, 0) is 20.9 Å². The van der Waals surface area contributed by atoms with Gasteiger partial charge in [0.05, 0.1) is 18.2 Å². The molecular formula is C10H13BrClO3PS. The van der Waals surface area contributed by atoms with Crippen LogP contribution in [0.5, 0.6) is 5.75 Å². The lowest BCUT2D eigenvalue weighted by molar-refractivity contribution is 0.218. The summed E-state index contributed by atoms with van der Waals surface area (Å²) >= 11 is 14.6. The maximum atomic E-state index is 6.04. The van der Waals surface area contributed by atoms with Crippen LogP contribution < -0.4 is 4.52 Å². The molecule has 1 aromatic rings. The summed E-state index contributed by atoms with van der Waals surface area (Å²) < 4.78 is 17.2. The molecule has 1 rings (SSSR count). The fourth-order valence-electron chi connectivity index (χ4n) is 1.08. The Morgan fingerprint density at radius 1 is 1.29 bits per heavy atom. The topological polar surface area (TPSA) is 27.7 Å². The molecule has 3 nitrogen and oxygen atoms in total. The van der Waals surface area contributed by atoms with Crippen molar-refractivity contribution in [3.05, 3.63) is 27.7 Å². The van der Waals surface area contributed by atoms with E-state index in [0.717, 1.165) is 4.47 Å². The molecule has 0 bridgehead atoms. The van der Waals surface area contributed by atoms with Crippen LogP contribution in [0.4, 0.5) is 0 Å². The Morgan fingerprint density at radius 3 is 2.35 bits per heavy atom. The standard InChI is InChI=1S/C10H13BrClO3PS/c1-3-13-16(17,14-4-2)15-10-6-5-8(11)7-9(10)12/h5-7H,3-4H2,1-2H3. The van der Waals surface area contributed by atoms with Gasteiger partial charge in [0, 0.05) is 16.3 Å². The Hall–Kier alpha value is 0.360. The predicted molar refractivity (Wildman–Crippen MR) is 77.3 cm³/mol. The van der Waals surface area contributed by atoms with Crippen LogP contribution >= 0.6 is 34.2 Å². The summed E-state index contributed by atoms with van der Waals surface area (Å²) in [5, 5.41) is 0.466. The van der Waals surface area contributed by atoms with Crippen molar-refractivity contribution in [2.24, 2.45) is 0 Å². The highest BCUT2D eigenvalue weighted by atomic mass is 79.9. The van der Waals surface area contributed by atoms with Crippen molar-refractivity contribution >= 4 is 46.1 Å². The van der Waals surface area contributed by atoms with E-state index in [4.69, 9.17) is 37.0 Å². The Morgan fingerprint density at radius 2 is 1.88 bits per heavy atom. The molecule has 96 valence electrons. The van der Waals surface area contributed by atoms with Gasteiger partial charge in [-0.3, -0.25) is 9.05 Å². The van der Waals surface area contributed by atoms with E-state index in [0.29, 0.717) is 24.0 Å². The summed E-state index contributed by atoms with van der Waals surface area (Å²) in [5.41, 5.74) is 0. The Balaban J connectivity index is 2.89. The highest BCUT2D eigenvalue weighted by Gasteiger charge is 2.22. The van der Waals surface area contributed by atoms with Crippen molar-refractivity contribution < 1.29 is 13.6 Å². The van der Waals surface area contributed by atoms with Gasteiger partial charge in [-0.15, -0.1) is 0 Å². The Kier molecular flexibility index (Phi) is 6.41. The molecule has 0 N–H and O–H groups in total. The zero-order chi connectivity index (χ0) is 12.9. The fourth-order valence-corrected chi connectivity index (χ4v) is 3.93. The Labute approximate surface area is 120 Å². The van der Waals surface area contributed by atoms with Crippen LogP contribution in [-0.4, -0.2) is 13.2 Å². The zero-order valence-corrected chi connectivity index (χ0v) is 13.5. The van der Waals surface area contributed by atoms with Crippen molar-refractivity contribution in [3.63, 3.8) is 0 Å². The average molecular weight is 360 g/mol. The predicted octanol–water partition coefficient (Wildman–Crippen LogP) is 4.78. The molecule has 17 heavy (non-hydrogen) atoms. The van der Waals surface area contributed by atoms with Crippen LogP contribution in [0.3, 0.4) is 0 Å². The molecule has 0 heterocycles. The third-order valence-corrected chi connectivity index (χ3v) is 4.89. The van der Waals surface area contributed by atoms with E-state index in [-0.39, 0.29) is 0 Å². The lowest BCUT2D eigenvalue weighted by atomic mass is 10.3. The molecule has 0 spiro atoms. The molecule has 0 amide bonds. The van der Waals surface area contributed by atoms with Crippen molar-refractivity contribution in [2.75, 3.05) is 13.2 Å². The monoisotopic (exact) mass is 358 g/mol. The Bertz CT molecular complexity index is 420. The second kappa shape index (κ2) is 7.07. The first-order chi connectivity index (χ1) is 8.00. The summed E-state index contributed by atoms with van der Waals surface area (Å²) in [4.78, 5) is 0. The van der Waals surface area contributed by atoms with E-state index in [9.17, 15) is 0 Å². The first-order valence-electron chi connectivity index (χ1n) is 5.04. The van der Waals surface area contributed by atoms with E-state index in [1.807, 2.05) is 19.9 Å². The number of hydrogen-bond acceptors (Lipinski definition) is 4. The largest absolute Gasteiger partial charge is 0.423 e. The van der Waals surface area contributed by atoms with Gasteiger partial charge >= 0.3 is 6.72 Å². The molecule has 0 fully saturated rings. The highest BCUT2D eigenvalue weighted by Crippen LogP contribution is 2.51. The quantitative estimate of drug-likeness (QED) is 0.683. The lowest BCUT2D eigenvalue weighted by Gasteiger charge is -2.21. The molecule has 0 saturated carbocycles. The van der Waals surface area contributed by atoms with Gasteiger partial charge in [-0.2, -0.15) is 0 Å². The van der Waals surface area contributed by atoms with Crippen LogP contribution in [0.25, 0.3) is 0 Å². The first-order valence-corrected chi connectivity index (χ1v) is 8.77. The highest BCUT2D eigenvalue weighted by molar-refractivity contribution is 9.10. The third kappa shape index (κ3) is 4.86. The van der Waals surface area contributed by atoms with Crippen molar-refractivity contribution in [1.82, 2.24) is 0 Å². The van der Waals surface area contributed by atoms with E-state index < -0.39 is 6.72 Å². The first kappa shape index (κ1) is 15.4. The van der Waals surface area contributed by atoms with E-state index >= 15 is 0 Å². The molecule has 0 saturated heterocycles. The van der Waals surface area contributed by atoms with Gasteiger partial charge in [-0.25, -0.2) is 0 Å². The van der Waals surface area contributed by atoms with Gasteiger partial charge in [0.2, 0.25) is 0 Å². The summed E-state index contributed by atoms with van der Waals surface area (Å²) in [5.74, 6) is 0.472. The molecule has 0 aliphatic carbocycles. The van der Waals surface area contributed by atoms with Gasteiger partial charge in [-0.1, -0.05) is 27.5 Å². The van der Waals surface area contributed by atoms with Gasteiger partial charge in [0.1, 0.15) is 5.75 Å². The molecular weight excluding hydrogens is 347 g/mol. The van der Waals surface area contributed by atoms with E-state index in [1.54, 1.807) is 12.1 Å². The second-order valence-corrected chi connectivity index (χ2v) is 7.21. The minimum absolute atomic E-state index is 0.436. The fraction of sp³-hybridized carbons (Fsp3) is 0.400. The molecule has 0 aromatic heterocycles. The third-order valence-electron chi connectivity index (χ3n) is 1.68. The average Bonchev–Trinajstić information content (AvgIpc) is 2.23. The maximum Gasteiger partial charge on any atom is 0.380 e. The summed E-state index contributed by atoms with van der Waals surface area (Å²) in [6.07, 6.45) is 0. The smallest absolute Gasteiger partial charge is 0.380 e. The minimum Gasteiger partial charge on any atom is -0.423 e. The van der Waals surface area contributed by atoms with Gasteiger partial charge in [0.15, 0.2) is 0 Å². The molecule has 1 aromatic carbocycles. The van der Waals surface area contributed by atoms with Crippen molar-refractivity contribution in [2.45, 2.75) is 13.8 Å². The maximum absolute atomic E-state index is 6.04. The minimum atomic E-state index is -2.75. The molecule has 0 aliphatic rings. The van der Waals surface area contributed by atoms with E-state index in [2.05, 4.69) is 15.9 Å². The summed E-state index contributed by atoms with van der Waals surface area (Å²) in [7, 11) is 0. The van der Waals surface area contributed by atoms with E-state index in [1.165, 1.54) is 0 Å². The van der Waals surface area contributed by atoms with Crippen LogP contribution in [0, 0.1) is 0 Å². The molecule has 0 radical (unpaired) electrons. The number of benzene rings is 1. The SMILES string of the molecule is CCOP(=S)(OCC)Oc1ccc(Br)cc1Cl. The zero-order valence-electron chi connectivity index (χ0n) is 9.48. The summed E-state index contributed by atoms with van der Waals surface area (Å²) in [6, 6.07) is 5.28. The molecule has 7 heteroatoms. The second-order valence-electron chi connectivity index (χ2n) is 2.95. The van der Waals surface area contributed by atoms with Gasteiger partial charge in [-0.05, 0) is 32.0 Å². The van der Waals surface area contributed by atoms with Gasteiger partial charge in [0.25, 0.3) is 0 Å². The molecule has 0 aliphatic heterocycles.